The molecule has 0 aliphatic heterocycles. The number of ether oxygens (including phenoxy) is 1. The number of allylic oxidation sites excluding steroid dienone is 4. The van der Waals surface area contributed by atoms with Crippen LogP contribution in [0.2, 0.25) is 0 Å². The van der Waals surface area contributed by atoms with Crippen LogP contribution in [-0.4, -0.2) is 12.6 Å². The van der Waals surface area contributed by atoms with Gasteiger partial charge in [-0.05, 0) is 74.7 Å². The maximum atomic E-state index is 12.8. The molecule has 0 radical (unpaired) electrons. The standard InChI is InChI=1S/C22H34O2/c1-6-24-20(23)22(5)13-7-12-21(4)18-10-8-16(15(2)3)14-17(18)9-11-19(21)22/h8,14-15,18-19H,6-7,9-13H2,1-5H3/t18-,19+,21+,22+/m0/s1. The van der Waals surface area contributed by atoms with Gasteiger partial charge in [-0.25, -0.2) is 0 Å². The molecule has 4 atom stereocenters. The molecule has 2 heteroatoms. The smallest absolute Gasteiger partial charge is 0.312 e. The zero-order valence-electron chi connectivity index (χ0n) is 16.2. The van der Waals surface area contributed by atoms with Gasteiger partial charge in [-0.2, -0.15) is 0 Å². The van der Waals surface area contributed by atoms with E-state index in [9.17, 15) is 4.79 Å². The number of carbonyl (C=O) groups excluding carboxylic acids is 1. The highest BCUT2D eigenvalue weighted by atomic mass is 16.5. The molecular weight excluding hydrogens is 296 g/mol. The summed E-state index contributed by atoms with van der Waals surface area (Å²) in [5.41, 5.74) is 3.10. The molecule has 0 N–H and O–H groups in total. The average Bonchev–Trinajstić information content (AvgIpc) is 2.54. The van der Waals surface area contributed by atoms with Crippen molar-refractivity contribution in [2.24, 2.45) is 28.6 Å². The van der Waals surface area contributed by atoms with Gasteiger partial charge >= 0.3 is 5.97 Å². The second-order valence-electron chi connectivity index (χ2n) is 8.95. The van der Waals surface area contributed by atoms with Gasteiger partial charge in [0.1, 0.15) is 0 Å². The summed E-state index contributed by atoms with van der Waals surface area (Å²) < 4.78 is 5.50. The van der Waals surface area contributed by atoms with Gasteiger partial charge < -0.3 is 4.74 Å². The Balaban J connectivity index is 1.91. The molecule has 0 amide bonds. The molecule has 2 fully saturated rings. The topological polar surface area (TPSA) is 26.3 Å². The normalized spacial score (nSPS) is 38.8. The van der Waals surface area contributed by atoms with Crippen LogP contribution in [0.4, 0.5) is 0 Å². The number of rotatable bonds is 3. The molecule has 3 aliphatic carbocycles. The molecule has 3 rings (SSSR count). The lowest BCUT2D eigenvalue weighted by Crippen LogP contribution is -2.54. The van der Waals surface area contributed by atoms with Crippen LogP contribution < -0.4 is 0 Å². The largest absolute Gasteiger partial charge is 0.466 e. The van der Waals surface area contributed by atoms with Crippen LogP contribution in [0.25, 0.3) is 0 Å². The van der Waals surface area contributed by atoms with E-state index in [4.69, 9.17) is 4.74 Å². The van der Waals surface area contributed by atoms with Crippen LogP contribution in [0.1, 0.15) is 73.1 Å². The first-order valence-corrected chi connectivity index (χ1v) is 9.90. The molecule has 0 aromatic heterocycles. The Bertz CT molecular complexity index is 571. The van der Waals surface area contributed by atoms with Gasteiger partial charge in [0.25, 0.3) is 0 Å². The lowest BCUT2D eigenvalue weighted by molar-refractivity contribution is -0.170. The van der Waals surface area contributed by atoms with Crippen molar-refractivity contribution in [1.29, 1.82) is 0 Å². The van der Waals surface area contributed by atoms with Crippen molar-refractivity contribution in [2.45, 2.75) is 73.1 Å². The summed E-state index contributed by atoms with van der Waals surface area (Å²) in [5.74, 6) is 1.73. The highest BCUT2D eigenvalue weighted by molar-refractivity contribution is 5.77. The number of hydrogen-bond acceptors (Lipinski definition) is 2. The van der Waals surface area contributed by atoms with E-state index < -0.39 is 0 Å². The van der Waals surface area contributed by atoms with Gasteiger partial charge in [0.2, 0.25) is 0 Å². The molecule has 0 heterocycles. The van der Waals surface area contributed by atoms with Gasteiger partial charge in [-0.3, -0.25) is 4.79 Å². The third-order valence-corrected chi connectivity index (χ3v) is 7.29. The summed E-state index contributed by atoms with van der Waals surface area (Å²) in [7, 11) is 0. The van der Waals surface area contributed by atoms with E-state index in [1.165, 1.54) is 12.0 Å². The maximum absolute atomic E-state index is 12.8. The van der Waals surface area contributed by atoms with Gasteiger partial charge in [-0.15, -0.1) is 0 Å². The fraction of sp³-hybridized carbons (Fsp3) is 0.773. The summed E-state index contributed by atoms with van der Waals surface area (Å²) in [6.45, 7) is 11.6. The van der Waals surface area contributed by atoms with Gasteiger partial charge in [0.15, 0.2) is 0 Å². The molecule has 0 saturated heterocycles. The van der Waals surface area contributed by atoms with Crippen LogP contribution in [0.3, 0.4) is 0 Å². The van der Waals surface area contributed by atoms with Crippen LogP contribution in [0.5, 0.6) is 0 Å². The van der Waals surface area contributed by atoms with Crippen molar-refractivity contribution in [1.82, 2.24) is 0 Å². The number of carbonyl (C=O) groups is 1. The summed E-state index contributed by atoms with van der Waals surface area (Å²) in [5, 5.41) is 0. The van der Waals surface area contributed by atoms with E-state index in [1.54, 1.807) is 5.57 Å². The van der Waals surface area contributed by atoms with Crippen molar-refractivity contribution in [3.05, 3.63) is 23.3 Å². The molecule has 0 aromatic carbocycles. The van der Waals surface area contributed by atoms with Crippen molar-refractivity contribution < 1.29 is 9.53 Å². The lowest BCUT2D eigenvalue weighted by Gasteiger charge is -2.58. The minimum Gasteiger partial charge on any atom is -0.466 e. The Kier molecular flexibility index (Phi) is 4.70. The third-order valence-electron chi connectivity index (χ3n) is 7.29. The molecule has 24 heavy (non-hydrogen) atoms. The second-order valence-corrected chi connectivity index (χ2v) is 8.95. The predicted molar refractivity (Wildman–Crippen MR) is 98.5 cm³/mol. The minimum atomic E-state index is -0.295. The summed E-state index contributed by atoms with van der Waals surface area (Å²) in [6.07, 6.45) is 11.8. The van der Waals surface area contributed by atoms with Crippen LogP contribution in [0, 0.1) is 28.6 Å². The first-order chi connectivity index (χ1) is 11.3. The van der Waals surface area contributed by atoms with E-state index >= 15 is 0 Å². The zero-order chi connectivity index (χ0) is 17.5. The van der Waals surface area contributed by atoms with E-state index in [1.807, 2.05) is 6.92 Å². The fourth-order valence-corrected chi connectivity index (χ4v) is 5.95. The maximum Gasteiger partial charge on any atom is 0.312 e. The molecule has 2 nitrogen and oxygen atoms in total. The highest BCUT2D eigenvalue weighted by Gasteiger charge is 2.58. The first-order valence-electron chi connectivity index (χ1n) is 9.90. The van der Waals surface area contributed by atoms with Crippen LogP contribution in [-0.2, 0) is 9.53 Å². The molecule has 2 saturated carbocycles. The average molecular weight is 331 g/mol. The summed E-state index contributed by atoms with van der Waals surface area (Å²) in [4.78, 5) is 12.8. The predicted octanol–water partition coefficient (Wildman–Crippen LogP) is 5.68. The van der Waals surface area contributed by atoms with E-state index in [0.717, 1.165) is 32.1 Å². The van der Waals surface area contributed by atoms with Crippen molar-refractivity contribution in [3.8, 4) is 0 Å². The van der Waals surface area contributed by atoms with Gasteiger partial charge in [0, 0.05) is 0 Å². The monoisotopic (exact) mass is 330 g/mol. The minimum absolute atomic E-state index is 0.0441. The van der Waals surface area contributed by atoms with Gasteiger partial charge in [0.05, 0.1) is 12.0 Å². The molecule has 3 aliphatic rings. The van der Waals surface area contributed by atoms with Gasteiger partial charge in [-0.1, -0.05) is 44.9 Å². The number of fused-ring (bicyclic) bond motifs is 3. The van der Waals surface area contributed by atoms with E-state index in [-0.39, 0.29) is 16.8 Å². The molecule has 0 aromatic rings. The third kappa shape index (κ3) is 2.66. The SMILES string of the molecule is CCOC(=O)[C@]1(C)CCC[C@@]2(C)[C@H]1CCC1=CC(C(C)C)=CC[C@@H]12. The summed E-state index contributed by atoms with van der Waals surface area (Å²) in [6, 6.07) is 0. The Morgan fingerprint density at radius 2 is 2.08 bits per heavy atom. The fourth-order valence-electron chi connectivity index (χ4n) is 5.95. The summed E-state index contributed by atoms with van der Waals surface area (Å²) >= 11 is 0. The second kappa shape index (κ2) is 6.35. The highest BCUT2D eigenvalue weighted by Crippen LogP contribution is 2.63. The van der Waals surface area contributed by atoms with Crippen molar-refractivity contribution in [3.63, 3.8) is 0 Å². The van der Waals surface area contributed by atoms with E-state index in [0.29, 0.717) is 24.4 Å². The number of esters is 1. The Morgan fingerprint density at radius 3 is 2.75 bits per heavy atom. The Hall–Kier alpha value is -1.05. The quantitative estimate of drug-likeness (QED) is 0.622. The lowest BCUT2D eigenvalue weighted by atomic mass is 9.46. The molecule has 0 spiro atoms. The first kappa shape index (κ1) is 17.8. The van der Waals surface area contributed by atoms with E-state index in [2.05, 4.69) is 39.8 Å². The molecule has 0 unspecified atom stereocenters. The Morgan fingerprint density at radius 1 is 1.33 bits per heavy atom. The van der Waals surface area contributed by atoms with Crippen molar-refractivity contribution >= 4 is 5.97 Å². The van der Waals surface area contributed by atoms with Crippen LogP contribution in [0.15, 0.2) is 23.3 Å². The van der Waals surface area contributed by atoms with Crippen molar-refractivity contribution in [2.75, 3.05) is 6.61 Å². The molecule has 0 bridgehead atoms. The van der Waals surface area contributed by atoms with Crippen LogP contribution >= 0.6 is 0 Å². The molecular formula is C22H34O2. The Labute approximate surface area is 147 Å². The number of hydrogen-bond donors (Lipinski definition) is 0. The molecule has 134 valence electrons. The zero-order valence-corrected chi connectivity index (χ0v) is 16.2.